The minimum absolute atomic E-state index is 0.0847. The van der Waals surface area contributed by atoms with Crippen LogP contribution in [0.5, 0.6) is 0 Å². The molecule has 1 saturated heterocycles. The number of rotatable bonds is 4. The first kappa shape index (κ1) is 16.6. The predicted molar refractivity (Wildman–Crippen MR) is 91.2 cm³/mol. The van der Waals surface area contributed by atoms with Gasteiger partial charge in [0, 0.05) is 12.6 Å². The number of aliphatic hydroxyl groups excluding tert-OH is 1. The Morgan fingerprint density at radius 3 is 2.71 bits per heavy atom. The molecule has 128 valence electrons. The van der Waals surface area contributed by atoms with Crippen molar-refractivity contribution in [3.63, 3.8) is 0 Å². The van der Waals surface area contributed by atoms with Gasteiger partial charge in [-0.25, -0.2) is 4.68 Å². The van der Waals surface area contributed by atoms with Crippen molar-refractivity contribution in [3.05, 3.63) is 41.2 Å². The maximum Gasteiger partial charge on any atom is 0.276 e. The largest absolute Gasteiger partial charge is 0.393 e. The third-order valence-electron chi connectivity index (χ3n) is 4.63. The van der Waals surface area contributed by atoms with Gasteiger partial charge in [0.15, 0.2) is 5.69 Å². The van der Waals surface area contributed by atoms with E-state index in [0.717, 1.165) is 24.2 Å². The molecule has 1 N–H and O–H groups in total. The van der Waals surface area contributed by atoms with Crippen molar-refractivity contribution in [1.82, 2.24) is 19.9 Å². The summed E-state index contributed by atoms with van der Waals surface area (Å²) in [6.45, 7) is 6.38. The Labute approximate surface area is 142 Å². The molecule has 2 heterocycles. The van der Waals surface area contributed by atoms with E-state index in [1.54, 1.807) is 11.6 Å². The molecule has 6 nitrogen and oxygen atoms in total. The average Bonchev–Trinajstić information content (AvgIpc) is 3.14. The third kappa shape index (κ3) is 3.19. The number of nitrogens with zero attached hydrogens (tertiary/aromatic N) is 4. The molecule has 3 rings (SSSR count). The molecule has 1 aromatic heterocycles. The Bertz CT molecular complexity index is 721. The summed E-state index contributed by atoms with van der Waals surface area (Å²) in [5.41, 5.74) is 3.21. The first-order valence-electron chi connectivity index (χ1n) is 8.45. The standard InChI is InChI=1S/C18H24N4O2/c1-12-6-8-15(9-7-12)22-14(3)17(19-20-22)18(24)21-10-4-5-16(21)11-13(2)23/h6-9,13,16,23H,4-5,10-11H2,1-3H3. The molecule has 1 aliphatic heterocycles. The Kier molecular flexibility index (Phi) is 4.66. The third-order valence-corrected chi connectivity index (χ3v) is 4.63. The molecule has 0 radical (unpaired) electrons. The topological polar surface area (TPSA) is 71.2 Å². The quantitative estimate of drug-likeness (QED) is 0.934. The SMILES string of the molecule is Cc1ccc(-n2nnc(C(=O)N3CCCC3CC(C)O)c2C)cc1. The second kappa shape index (κ2) is 6.73. The molecule has 0 aliphatic carbocycles. The molecule has 1 aromatic carbocycles. The summed E-state index contributed by atoms with van der Waals surface area (Å²) in [5, 5.41) is 17.9. The monoisotopic (exact) mass is 328 g/mol. The Morgan fingerprint density at radius 2 is 2.04 bits per heavy atom. The van der Waals surface area contributed by atoms with E-state index in [4.69, 9.17) is 0 Å². The van der Waals surface area contributed by atoms with Crippen LogP contribution in [0, 0.1) is 13.8 Å². The van der Waals surface area contributed by atoms with Crippen LogP contribution in [0.3, 0.4) is 0 Å². The highest BCUT2D eigenvalue weighted by Crippen LogP contribution is 2.24. The molecule has 0 saturated carbocycles. The van der Waals surface area contributed by atoms with Gasteiger partial charge in [-0.05, 0) is 52.2 Å². The lowest BCUT2D eigenvalue weighted by Gasteiger charge is -2.25. The minimum atomic E-state index is -0.410. The molecule has 1 aliphatic rings. The molecular formula is C18H24N4O2. The average molecular weight is 328 g/mol. The number of hydrogen-bond donors (Lipinski definition) is 1. The van der Waals surface area contributed by atoms with Gasteiger partial charge in [0.05, 0.1) is 17.5 Å². The van der Waals surface area contributed by atoms with Crippen LogP contribution in [0.15, 0.2) is 24.3 Å². The van der Waals surface area contributed by atoms with Crippen LogP contribution in [0.2, 0.25) is 0 Å². The smallest absolute Gasteiger partial charge is 0.276 e. The van der Waals surface area contributed by atoms with Crippen LogP contribution in [0.4, 0.5) is 0 Å². The highest BCUT2D eigenvalue weighted by atomic mass is 16.3. The van der Waals surface area contributed by atoms with Crippen LogP contribution in [-0.2, 0) is 0 Å². The molecule has 2 aromatic rings. The van der Waals surface area contributed by atoms with E-state index in [2.05, 4.69) is 10.3 Å². The van der Waals surface area contributed by atoms with Crippen LogP contribution >= 0.6 is 0 Å². The lowest BCUT2D eigenvalue weighted by Crippen LogP contribution is -2.37. The van der Waals surface area contributed by atoms with Crippen molar-refractivity contribution >= 4 is 5.91 Å². The molecule has 2 atom stereocenters. The van der Waals surface area contributed by atoms with Gasteiger partial charge in [-0.15, -0.1) is 5.10 Å². The fourth-order valence-corrected chi connectivity index (χ4v) is 3.34. The molecule has 24 heavy (non-hydrogen) atoms. The van der Waals surface area contributed by atoms with Gasteiger partial charge in [-0.3, -0.25) is 4.79 Å². The summed E-state index contributed by atoms with van der Waals surface area (Å²) in [4.78, 5) is 14.7. The summed E-state index contributed by atoms with van der Waals surface area (Å²) in [5.74, 6) is -0.0889. The number of aryl methyl sites for hydroxylation is 1. The summed E-state index contributed by atoms with van der Waals surface area (Å²) in [6, 6.07) is 8.05. The number of carbonyl (C=O) groups is 1. The van der Waals surface area contributed by atoms with Gasteiger partial charge < -0.3 is 10.0 Å². The van der Waals surface area contributed by atoms with Crippen molar-refractivity contribution in [2.75, 3.05) is 6.54 Å². The zero-order valence-electron chi connectivity index (χ0n) is 14.4. The lowest BCUT2D eigenvalue weighted by atomic mass is 10.1. The fourth-order valence-electron chi connectivity index (χ4n) is 3.34. The molecule has 0 spiro atoms. The van der Waals surface area contributed by atoms with E-state index in [0.29, 0.717) is 18.7 Å². The first-order valence-corrected chi connectivity index (χ1v) is 8.45. The number of carbonyl (C=O) groups excluding carboxylic acids is 1. The zero-order chi connectivity index (χ0) is 17.3. The Balaban J connectivity index is 1.85. The van der Waals surface area contributed by atoms with Crippen molar-refractivity contribution in [2.45, 2.75) is 52.2 Å². The van der Waals surface area contributed by atoms with Crippen molar-refractivity contribution in [1.29, 1.82) is 0 Å². The van der Waals surface area contributed by atoms with Crippen LogP contribution in [-0.4, -0.2) is 49.6 Å². The molecule has 1 fully saturated rings. The molecule has 2 unspecified atom stereocenters. The van der Waals surface area contributed by atoms with Gasteiger partial charge in [0.2, 0.25) is 0 Å². The summed E-state index contributed by atoms with van der Waals surface area (Å²) < 4.78 is 1.70. The van der Waals surface area contributed by atoms with E-state index in [1.165, 1.54) is 5.56 Å². The summed E-state index contributed by atoms with van der Waals surface area (Å²) in [6.07, 6.45) is 2.10. The highest BCUT2D eigenvalue weighted by molar-refractivity contribution is 5.93. The number of hydrogen-bond acceptors (Lipinski definition) is 4. The van der Waals surface area contributed by atoms with E-state index in [-0.39, 0.29) is 11.9 Å². The molecule has 0 bridgehead atoms. The van der Waals surface area contributed by atoms with Crippen molar-refractivity contribution in [2.24, 2.45) is 0 Å². The zero-order valence-corrected chi connectivity index (χ0v) is 14.4. The fraction of sp³-hybridized carbons (Fsp3) is 0.500. The lowest BCUT2D eigenvalue weighted by molar-refractivity contribution is 0.0675. The number of amides is 1. The van der Waals surface area contributed by atoms with E-state index < -0.39 is 6.10 Å². The van der Waals surface area contributed by atoms with E-state index in [1.807, 2.05) is 43.0 Å². The Morgan fingerprint density at radius 1 is 1.33 bits per heavy atom. The number of benzene rings is 1. The van der Waals surface area contributed by atoms with Gasteiger partial charge in [0.25, 0.3) is 5.91 Å². The second-order valence-corrected chi connectivity index (χ2v) is 6.65. The van der Waals surface area contributed by atoms with Crippen molar-refractivity contribution in [3.8, 4) is 5.69 Å². The predicted octanol–water partition coefficient (Wildman–Crippen LogP) is 2.26. The van der Waals surface area contributed by atoms with Crippen LogP contribution in [0.25, 0.3) is 5.69 Å². The molecule has 1 amide bonds. The molecule has 6 heteroatoms. The number of aliphatic hydroxyl groups is 1. The van der Waals surface area contributed by atoms with Crippen molar-refractivity contribution < 1.29 is 9.90 Å². The maximum absolute atomic E-state index is 12.9. The molecular weight excluding hydrogens is 304 g/mol. The van der Waals surface area contributed by atoms with Gasteiger partial charge in [-0.2, -0.15) is 0 Å². The normalized spacial score (nSPS) is 18.8. The van der Waals surface area contributed by atoms with E-state index in [9.17, 15) is 9.90 Å². The van der Waals surface area contributed by atoms with Gasteiger partial charge >= 0.3 is 0 Å². The van der Waals surface area contributed by atoms with Crippen LogP contribution < -0.4 is 0 Å². The van der Waals surface area contributed by atoms with Gasteiger partial charge in [-0.1, -0.05) is 22.9 Å². The second-order valence-electron chi connectivity index (χ2n) is 6.65. The van der Waals surface area contributed by atoms with Gasteiger partial charge in [0.1, 0.15) is 0 Å². The maximum atomic E-state index is 12.9. The van der Waals surface area contributed by atoms with Crippen LogP contribution in [0.1, 0.15) is 47.9 Å². The van der Waals surface area contributed by atoms with E-state index >= 15 is 0 Å². The first-order chi connectivity index (χ1) is 11.5. The number of likely N-dealkylation sites (tertiary alicyclic amines) is 1. The number of aromatic nitrogens is 3. The Hall–Kier alpha value is -2.21. The summed E-state index contributed by atoms with van der Waals surface area (Å²) >= 11 is 0. The highest BCUT2D eigenvalue weighted by Gasteiger charge is 2.32. The minimum Gasteiger partial charge on any atom is -0.393 e. The summed E-state index contributed by atoms with van der Waals surface area (Å²) in [7, 11) is 0.